The minimum Gasteiger partial charge on any atom is -0.465 e. The topological polar surface area (TPSA) is 78.9 Å². The van der Waals surface area contributed by atoms with Crippen molar-refractivity contribution in [3.63, 3.8) is 0 Å². The lowest BCUT2D eigenvalue weighted by Gasteiger charge is -2.42. The molecule has 3 rings (SSSR count). The normalized spacial score (nSPS) is 21.4. The van der Waals surface area contributed by atoms with Crippen LogP contribution < -0.4 is 5.32 Å². The monoisotopic (exact) mass is 364 g/mol. The number of likely N-dealkylation sites (tertiary alicyclic amines) is 1. The van der Waals surface area contributed by atoms with Crippen LogP contribution in [-0.2, 0) is 11.2 Å². The van der Waals surface area contributed by atoms with E-state index >= 15 is 0 Å². The predicted molar refractivity (Wildman–Crippen MR) is 93.5 cm³/mol. The van der Waals surface area contributed by atoms with Gasteiger partial charge >= 0.3 is 12.2 Å². The number of piperidine rings is 1. The van der Waals surface area contributed by atoms with E-state index in [2.05, 4.69) is 5.32 Å². The second-order valence-electron chi connectivity index (χ2n) is 8.23. The summed E-state index contributed by atoms with van der Waals surface area (Å²) in [5.74, 6) is -0.347. The Bertz CT molecular complexity index is 721. The molecule has 2 amide bonds. The fraction of sp³-hybridized carbons (Fsp3) is 0.579. The summed E-state index contributed by atoms with van der Waals surface area (Å²) in [6, 6.07) is 4.26. The number of carbonyl (C=O) groups excluding carboxylic acids is 1. The van der Waals surface area contributed by atoms with Crippen molar-refractivity contribution in [2.45, 2.75) is 51.7 Å². The summed E-state index contributed by atoms with van der Waals surface area (Å²) in [7, 11) is 0. The summed E-state index contributed by atoms with van der Waals surface area (Å²) < 4.78 is 19.2. The molecule has 2 aliphatic rings. The van der Waals surface area contributed by atoms with Crippen LogP contribution in [-0.4, -0.2) is 40.9 Å². The van der Waals surface area contributed by atoms with Gasteiger partial charge in [0.05, 0.1) is 6.04 Å². The summed E-state index contributed by atoms with van der Waals surface area (Å²) in [4.78, 5) is 25.0. The number of rotatable bonds is 1. The van der Waals surface area contributed by atoms with Gasteiger partial charge in [-0.15, -0.1) is 0 Å². The number of fused-ring (bicyclic) bond motifs is 1. The van der Waals surface area contributed by atoms with Gasteiger partial charge in [-0.05, 0) is 63.3 Å². The second-order valence-corrected chi connectivity index (χ2v) is 8.23. The van der Waals surface area contributed by atoms with Gasteiger partial charge < -0.3 is 20.1 Å². The van der Waals surface area contributed by atoms with E-state index in [0.29, 0.717) is 32.4 Å². The number of alkyl carbamates (subject to hydrolysis) is 1. The average molecular weight is 364 g/mol. The SMILES string of the molecule is CC(C)(C)OC(=O)N[C@@H]1c2cc(F)ccc2CC12CCN(C(=O)O)CC2. The number of carbonyl (C=O) groups is 2. The van der Waals surface area contributed by atoms with E-state index in [1.807, 2.05) is 0 Å². The summed E-state index contributed by atoms with van der Waals surface area (Å²) in [5, 5.41) is 12.1. The zero-order valence-corrected chi connectivity index (χ0v) is 15.3. The van der Waals surface area contributed by atoms with Gasteiger partial charge in [0, 0.05) is 18.5 Å². The van der Waals surface area contributed by atoms with E-state index in [4.69, 9.17) is 4.74 Å². The number of nitrogens with zero attached hydrogens (tertiary/aromatic N) is 1. The third-order valence-corrected chi connectivity index (χ3v) is 5.26. The number of nitrogens with one attached hydrogen (secondary N) is 1. The zero-order valence-electron chi connectivity index (χ0n) is 15.3. The van der Waals surface area contributed by atoms with Gasteiger partial charge in [-0.25, -0.2) is 14.0 Å². The molecule has 0 unspecified atom stereocenters. The van der Waals surface area contributed by atoms with Gasteiger partial charge in [0.15, 0.2) is 0 Å². The van der Waals surface area contributed by atoms with Crippen molar-refractivity contribution in [3.05, 3.63) is 35.1 Å². The first kappa shape index (κ1) is 18.5. The Morgan fingerprint density at radius 3 is 2.54 bits per heavy atom. The first-order valence-electron chi connectivity index (χ1n) is 8.85. The highest BCUT2D eigenvalue weighted by Crippen LogP contribution is 2.52. The lowest BCUT2D eigenvalue weighted by atomic mass is 9.73. The highest BCUT2D eigenvalue weighted by Gasteiger charge is 2.49. The van der Waals surface area contributed by atoms with Crippen molar-refractivity contribution in [1.82, 2.24) is 10.2 Å². The van der Waals surface area contributed by atoms with Gasteiger partial charge in [0.2, 0.25) is 0 Å². The summed E-state index contributed by atoms with van der Waals surface area (Å²) in [6.45, 7) is 6.17. The van der Waals surface area contributed by atoms with E-state index in [9.17, 15) is 19.1 Å². The Morgan fingerprint density at radius 2 is 1.96 bits per heavy atom. The van der Waals surface area contributed by atoms with Crippen molar-refractivity contribution < 1.29 is 23.8 Å². The molecule has 0 bridgehead atoms. The van der Waals surface area contributed by atoms with E-state index in [0.717, 1.165) is 11.1 Å². The molecule has 1 atom stereocenters. The number of ether oxygens (including phenoxy) is 1. The number of halogens is 1. The smallest absolute Gasteiger partial charge is 0.408 e. The van der Waals surface area contributed by atoms with Crippen molar-refractivity contribution in [3.8, 4) is 0 Å². The highest BCUT2D eigenvalue weighted by atomic mass is 19.1. The van der Waals surface area contributed by atoms with Crippen LogP contribution in [0.15, 0.2) is 18.2 Å². The standard InChI is InChI=1S/C19H25FN2O4/c1-18(2,3)26-16(23)21-15-14-10-13(20)5-4-12(14)11-19(15)6-8-22(9-7-19)17(24)25/h4-5,10,15H,6-9,11H2,1-3H3,(H,21,23)(H,24,25)/t15-/m1/s1. The maximum Gasteiger partial charge on any atom is 0.408 e. The first-order chi connectivity index (χ1) is 12.1. The van der Waals surface area contributed by atoms with Crippen LogP contribution in [0.25, 0.3) is 0 Å². The van der Waals surface area contributed by atoms with Crippen LogP contribution in [0.2, 0.25) is 0 Å². The van der Waals surface area contributed by atoms with E-state index in [1.54, 1.807) is 26.8 Å². The Labute approximate surface area is 152 Å². The highest BCUT2D eigenvalue weighted by molar-refractivity contribution is 5.69. The number of amides is 2. The van der Waals surface area contributed by atoms with Crippen molar-refractivity contribution in [2.75, 3.05) is 13.1 Å². The van der Waals surface area contributed by atoms with Crippen LogP contribution in [0.5, 0.6) is 0 Å². The third-order valence-electron chi connectivity index (χ3n) is 5.26. The van der Waals surface area contributed by atoms with Crippen molar-refractivity contribution >= 4 is 12.2 Å². The summed E-state index contributed by atoms with van der Waals surface area (Å²) in [6.07, 6.45) is 0.431. The molecule has 1 aliphatic heterocycles. The van der Waals surface area contributed by atoms with Crippen LogP contribution in [0, 0.1) is 11.2 Å². The van der Waals surface area contributed by atoms with Crippen molar-refractivity contribution in [2.24, 2.45) is 5.41 Å². The molecule has 1 spiro atoms. The summed E-state index contributed by atoms with van der Waals surface area (Å²) >= 11 is 0. The molecule has 0 radical (unpaired) electrons. The van der Waals surface area contributed by atoms with E-state index in [-0.39, 0.29) is 17.3 Å². The van der Waals surface area contributed by atoms with Crippen LogP contribution in [0.3, 0.4) is 0 Å². The van der Waals surface area contributed by atoms with E-state index < -0.39 is 17.8 Å². The Kier molecular flexibility index (Phi) is 4.58. The minimum absolute atomic E-state index is 0.320. The molecular formula is C19H25FN2O4. The molecule has 1 aliphatic carbocycles. The molecule has 1 saturated heterocycles. The molecule has 26 heavy (non-hydrogen) atoms. The number of benzene rings is 1. The fourth-order valence-electron chi connectivity index (χ4n) is 4.07. The molecular weight excluding hydrogens is 339 g/mol. The lowest BCUT2D eigenvalue weighted by Crippen LogP contribution is -2.48. The van der Waals surface area contributed by atoms with Gasteiger partial charge in [-0.3, -0.25) is 0 Å². The molecule has 1 aromatic rings. The Balaban J connectivity index is 1.87. The van der Waals surface area contributed by atoms with Crippen molar-refractivity contribution in [1.29, 1.82) is 0 Å². The number of hydrogen-bond donors (Lipinski definition) is 2. The molecule has 1 aromatic carbocycles. The molecule has 0 aromatic heterocycles. The van der Waals surface area contributed by atoms with Gasteiger partial charge in [0.1, 0.15) is 11.4 Å². The maximum absolute atomic E-state index is 13.8. The van der Waals surface area contributed by atoms with E-state index in [1.165, 1.54) is 17.0 Å². The Morgan fingerprint density at radius 1 is 1.31 bits per heavy atom. The lowest BCUT2D eigenvalue weighted by molar-refractivity contribution is 0.0349. The fourth-order valence-corrected chi connectivity index (χ4v) is 4.07. The minimum atomic E-state index is -0.932. The van der Waals surface area contributed by atoms with Gasteiger partial charge in [-0.1, -0.05) is 6.07 Å². The molecule has 0 saturated carbocycles. The maximum atomic E-state index is 13.8. The molecule has 6 nitrogen and oxygen atoms in total. The second kappa shape index (κ2) is 6.45. The van der Waals surface area contributed by atoms with Crippen LogP contribution >= 0.6 is 0 Å². The predicted octanol–water partition coefficient (Wildman–Crippen LogP) is 3.71. The number of carboxylic acid groups (broad SMARTS) is 1. The van der Waals surface area contributed by atoms with Gasteiger partial charge in [-0.2, -0.15) is 0 Å². The average Bonchev–Trinajstić information content (AvgIpc) is 2.79. The van der Waals surface area contributed by atoms with Gasteiger partial charge in [0.25, 0.3) is 0 Å². The largest absolute Gasteiger partial charge is 0.465 e. The molecule has 7 heteroatoms. The quantitative estimate of drug-likeness (QED) is 0.796. The first-order valence-corrected chi connectivity index (χ1v) is 8.85. The molecule has 1 heterocycles. The van der Waals surface area contributed by atoms with Crippen LogP contribution in [0.1, 0.15) is 50.8 Å². The Hall–Kier alpha value is -2.31. The zero-order chi connectivity index (χ0) is 19.1. The molecule has 1 fully saturated rings. The third kappa shape index (κ3) is 3.61. The number of hydrogen-bond acceptors (Lipinski definition) is 3. The van der Waals surface area contributed by atoms with Crippen LogP contribution in [0.4, 0.5) is 14.0 Å². The molecule has 142 valence electrons. The summed E-state index contributed by atoms with van der Waals surface area (Å²) in [5.41, 5.74) is 0.808. The molecule has 2 N–H and O–H groups in total.